The van der Waals surface area contributed by atoms with Crippen LogP contribution in [0.4, 0.5) is 4.79 Å². The van der Waals surface area contributed by atoms with Gasteiger partial charge in [-0.05, 0) is 48.4 Å². The van der Waals surface area contributed by atoms with Crippen LogP contribution in [0.25, 0.3) is 0 Å². The molecule has 4 amide bonds. The summed E-state index contributed by atoms with van der Waals surface area (Å²) in [6.07, 6.45) is 3.16. The van der Waals surface area contributed by atoms with Crippen LogP contribution < -0.4 is 10.6 Å². The largest absolute Gasteiger partial charge is 0.350 e. The Bertz CT molecular complexity index is 941. The second kappa shape index (κ2) is 7.11. The fourth-order valence-electron chi connectivity index (χ4n) is 3.92. The van der Waals surface area contributed by atoms with Gasteiger partial charge in [0.25, 0.3) is 5.91 Å². The van der Waals surface area contributed by atoms with Crippen molar-refractivity contribution in [1.29, 1.82) is 0 Å². The van der Waals surface area contributed by atoms with E-state index in [1.807, 2.05) is 48.5 Å². The van der Waals surface area contributed by atoms with Gasteiger partial charge in [-0.25, -0.2) is 4.79 Å². The molecule has 0 spiro atoms. The highest BCUT2D eigenvalue weighted by molar-refractivity contribution is 6.09. The number of hydrogen-bond donors (Lipinski definition) is 2. The molecule has 1 heterocycles. The van der Waals surface area contributed by atoms with Gasteiger partial charge in [0.1, 0.15) is 12.1 Å². The second-order valence-corrected chi connectivity index (χ2v) is 7.55. The molecule has 1 saturated heterocycles. The molecule has 0 aromatic heterocycles. The summed E-state index contributed by atoms with van der Waals surface area (Å²) in [4.78, 5) is 38.7. The third kappa shape index (κ3) is 3.26. The van der Waals surface area contributed by atoms with Crippen LogP contribution >= 0.6 is 0 Å². The smallest absolute Gasteiger partial charge is 0.325 e. The zero-order valence-electron chi connectivity index (χ0n) is 15.8. The van der Waals surface area contributed by atoms with Crippen molar-refractivity contribution in [3.05, 3.63) is 70.8 Å². The quantitative estimate of drug-likeness (QED) is 0.785. The molecule has 28 heavy (non-hydrogen) atoms. The number of nitrogens with zero attached hydrogens (tertiary/aromatic N) is 1. The van der Waals surface area contributed by atoms with E-state index in [0.717, 1.165) is 35.3 Å². The monoisotopic (exact) mass is 377 g/mol. The molecule has 0 saturated carbocycles. The summed E-state index contributed by atoms with van der Waals surface area (Å²) >= 11 is 0. The van der Waals surface area contributed by atoms with Gasteiger partial charge in [-0.1, -0.05) is 48.5 Å². The molecule has 0 radical (unpaired) electrons. The Morgan fingerprint density at radius 3 is 2.64 bits per heavy atom. The Hall–Kier alpha value is -3.15. The molecule has 6 nitrogen and oxygen atoms in total. The maximum atomic E-state index is 13.0. The Morgan fingerprint density at radius 2 is 1.86 bits per heavy atom. The topological polar surface area (TPSA) is 78.5 Å². The van der Waals surface area contributed by atoms with Gasteiger partial charge in [0.05, 0.1) is 0 Å². The number of amides is 4. The van der Waals surface area contributed by atoms with Crippen molar-refractivity contribution in [2.24, 2.45) is 0 Å². The Morgan fingerprint density at radius 1 is 1.11 bits per heavy atom. The molecule has 2 aromatic rings. The van der Waals surface area contributed by atoms with E-state index in [2.05, 4.69) is 10.6 Å². The molecule has 2 N–H and O–H groups in total. The van der Waals surface area contributed by atoms with Gasteiger partial charge in [0, 0.05) is 6.54 Å². The summed E-state index contributed by atoms with van der Waals surface area (Å²) in [7, 11) is 0. The van der Waals surface area contributed by atoms with E-state index >= 15 is 0 Å². The molecule has 1 fully saturated rings. The van der Waals surface area contributed by atoms with Gasteiger partial charge in [-0.2, -0.15) is 0 Å². The predicted octanol–water partition coefficient (Wildman–Crippen LogP) is 2.26. The first-order chi connectivity index (χ1) is 13.5. The lowest BCUT2D eigenvalue weighted by Crippen LogP contribution is -2.43. The molecule has 1 aliphatic heterocycles. The second-order valence-electron chi connectivity index (χ2n) is 7.55. The van der Waals surface area contributed by atoms with Crippen LogP contribution in [-0.4, -0.2) is 29.3 Å². The molecular formula is C22H23N3O3. The minimum atomic E-state index is -1.14. The van der Waals surface area contributed by atoms with Crippen molar-refractivity contribution in [2.75, 3.05) is 6.54 Å². The molecule has 2 aromatic carbocycles. The van der Waals surface area contributed by atoms with Gasteiger partial charge in [0.15, 0.2) is 0 Å². The number of hydrogen-bond acceptors (Lipinski definition) is 3. The van der Waals surface area contributed by atoms with Crippen LogP contribution in [0.1, 0.15) is 35.6 Å². The van der Waals surface area contributed by atoms with E-state index in [4.69, 9.17) is 0 Å². The lowest BCUT2D eigenvalue weighted by molar-refractivity contribution is -0.134. The zero-order valence-corrected chi connectivity index (χ0v) is 15.8. The third-order valence-corrected chi connectivity index (χ3v) is 5.59. The average Bonchev–Trinajstić information content (AvgIpc) is 3.25. The third-order valence-electron chi connectivity index (χ3n) is 5.59. The van der Waals surface area contributed by atoms with Crippen molar-refractivity contribution in [1.82, 2.24) is 15.5 Å². The van der Waals surface area contributed by atoms with Gasteiger partial charge in [0.2, 0.25) is 5.91 Å². The van der Waals surface area contributed by atoms with Gasteiger partial charge >= 0.3 is 6.03 Å². The zero-order chi connectivity index (χ0) is 19.7. The van der Waals surface area contributed by atoms with Crippen molar-refractivity contribution in [3.63, 3.8) is 0 Å². The number of nitrogens with one attached hydrogen (secondary N) is 2. The molecule has 0 unspecified atom stereocenters. The number of imide groups is 1. The summed E-state index contributed by atoms with van der Waals surface area (Å²) in [6, 6.07) is 14.9. The van der Waals surface area contributed by atoms with Crippen molar-refractivity contribution in [2.45, 2.75) is 38.3 Å². The Kier molecular flexibility index (Phi) is 4.63. The van der Waals surface area contributed by atoms with E-state index in [1.165, 1.54) is 11.1 Å². The van der Waals surface area contributed by atoms with Crippen molar-refractivity contribution >= 4 is 17.8 Å². The lowest BCUT2D eigenvalue weighted by atomic mass is 9.89. The van der Waals surface area contributed by atoms with E-state index in [1.54, 1.807) is 6.92 Å². The summed E-state index contributed by atoms with van der Waals surface area (Å²) in [5, 5.41) is 5.53. The maximum Gasteiger partial charge on any atom is 0.325 e. The Labute approximate surface area is 163 Å². The van der Waals surface area contributed by atoms with Crippen molar-refractivity contribution in [3.8, 4) is 0 Å². The highest BCUT2D eigenvalue weighted by Crippen LogP contribution is 2.32. The van der Waals surface area contributed by atoms with E-state index in [0.29, 0.717) is 6.54 Å². The molecule has 4 rings (SSSR count). The van der Waals surface area contributed by atoms with Gasteiger partial charge in [-0.15, -0.1) is 0 Å². The normalized spacial score (nSPS) is 20.8. The molecule has 6 heteroatoms. The highest BCUT2D eigenvalue weighted by atomic mass is 16.2. The number of carbonyl (C=O) groups excluding carboxylic acids is 3. The SMILES string of the molecule is C[C@@]1(c2ccc3c(c2)CCC3)NC(=O)N(CC(=O)NCc2ccccc2)C1=O. The van der Waals surface area contributed by atoms with E-state index in [-0.39, 0.29) is 12.5 Å². The molecule has 2 aliphatic rings. The Balaban J connectivity index is 1.45. The number of fused-ring (bicyclic) bond motifs is 1. The number of rotatable bonds is 5. The lowest BCUT2D eigenvalue weighted by Gasteiger charge is -2.23. The van der Waals surface area contributed by atoms with Crippen LogP contribution in [0, 0.1) is 0 Å². The highest BCUT2D eigenvalue weighted by Gasteiger charge is 2.49. The van der Waals surface area contributed by atoms with Gasteiger partial charge in [-0.3, -0.25) is 14.5 Å². The fraction of sp³-hybridized carbons (Fsp3) is 0.318. The fourth-order valence-corrected chi connectivity index (χ4v) is 3.92. The minimum Gasteiger partial charge on any atom is -0.350 e. The molecular weight excluding hydrogens is 354 g/mol. The number of aryl methyl sites for hydroxylation is 2. The first-order valence-corrected chi connectivity index (χ1v) is 9.54. The molecule has 0 bridgehead atoms. The number of urea groups is 1. The number of benzene rings is 2. The van der Waals surface area contributed by atoms with E-state index in [9.17, 15) is 14.4 Å². The van der Waals surface area contributed by atoms with Crippen LogP contribution in [0.5, 0.6) is 0 Å². The van der Waals surface area contributed by atoms with Crippen molar-refractivity contribution < 1.29 is 14.4 Å². The van der Waals surface area contributed by atoms with Gasteiger partial charge < -0.3 is 10.6 Å². The maximum absolute atomic E-state index is 13.0. The van der Waals surface area contributed by atoms with Crippen LogP contribution in [0.2, 0.25) is 0 Å². The molecule has 1 aliphatic carbocycles. The van der Waals surface area contributed by atoms with Crippen LogP contribution in [0.3, 0.4) is 0 Å². The number of carbonyl (C=O) groups is 3. The van der Waals surface area contributed by atoms with E-state index < -0.39 is 17.5 Å². The molecule has 144 valence electrons. The molecule has 1 atom stereocenters. The first kappa shape index (κ1) is 18.2. The first-order valence-electron chi connectivity index (χ1n) is 9.54. The average molecular weight is 377 g/mol. The summed E-state index contributed by atoms with van der Waals surface area (Å²) in [5.41, 5.74) is 3.12. The standard InChI is InChI=1S/C22H23N3O3/c1-22(18-11-10-16-8-5-9-17(16)12-18)20(27)25(21(28)24-22)14-19(26)23-13-15-6-3-2-4-7-15/h2-4,6-7,10-12H,5,8-9,13-14H2,1H3,(H,23,26)(H,24,28)/t22-/m0/s1. The summed E-state index contributed by atoms with van der Waals surface area (Å²) in [5.74, 6) is -0.768. The van der Waals surface area contributed by atoms with Crippen LogP contribution in [0.15, 0.2) is 48.5 Å². The predicted molar refractivity (Wildman–Crippen MR) is 104 cm³/mol. The van der Waals surface area contributed by atoms with Crippen LogP contribution in [-0.2, 0) is 34.5 Å². The minimum absolute atomic E-state index is 0.294. The summed E-state index contributed by atoms with van der Waals surface area (Å²) in [6.45, 7) is 1.76. The summed E-state index contributed by atoms with van der Waals surface area (Å²) < 4.78 is 0.